The summed E-state index contributed by atoms with van der Waals surface area (Å²) in [5, 5.41) is 9.71. The predicted octanol–water partition coefficient (Wildman–Crippen LogP) is 1.87. The number of rotatable bonds is 1. The Morgan fingerprint density at radius 3 is 2.77 bits per heavy atom. The van der Waals surface area contributed by atoms with E-state index in [-0.39, 0.29) is 22.5 Å². The topological polar surface area (TPSA) is 32.8 Å². The maximum Gasteiger partial charge on any atom is 0.0993 e. The quantitative estimate of drug-likeness (QED) is 0.436. The molecule has 3 heteroatoms. The summed E-state index contributed by atoms with van der Waals surface area (Å²) in [4.78, 5) is 0.112. The molecule has 0 radical (unpaired) electrons. The van der Waals surface area contributed by atoms with Gasteiger partial charge in [0.05, 0.1) is 18.3 Å². The van der Waals surface area contributed by atoms with Gasteiger partial charge in [-0.25, -0.2) is 0 Å². The van der Waals surface area contributed by atoms with Crippen LogP contribution >= 0.6 is 15.9 Å². The van der Waals surface area contributed by atoms with Crippen LogP contribution in [0, 0.1) is 5.92 Å². The van der Waals surface area contributed by atoms with Gasteiger partial charge in [0.25, 0.3) is 0 Å². The molecule has 0 aromatic rings. The minimum atomic E-state index is -0.253. The lowest BCUT2D eigenvalue weighted by Crippen LogP contribution is -2.44. The molecule has 0 aromatic carbocycles. The van der Waals surface area contributed by atoms with Crippen molar-refractivity contribution in [2.75, 3.05) is 6.61 Å². The molecule has 1 saturated heterocycles. The zero-order valence-electron chi connectivity index (χ0n) is 7.79. The average Bonchev–Trinajstić information content (AvgIpc) is 2.79. The number of ether oxygens (including phenoxy) is 1. The van der Waals surface area contributed by atoms with Crippen LogP contribution in [0.3, 0.4) is 0 Å². The molecule has 13 heavy (non-hydrogen) atoms. The van der Waals surface area contributed by atoms with E-state index in [1.807, 2.05) is 6.92 Å². The Morgan fingerprint density at radius 2 is 2.31 bits per heavy atom. The molecule has 0 bridgehead atoms. The van der Waals surface area contributed by atoms with Gasteiger partial charge in [-0.05, 0) is 19.8 Å². The van der Waals surface area contributed by atoms with Gasteiger partial charge in [0, 0.05) is 10.7 Å². The average molecular weight is 247 g/mol. The van der Waals surface area contributed by atoms with Crippen LogP contribution in [-0.4, -0.2) is 28.2 Å². The van der Waals surface area contributed by atoms with Crippen molar-refractivity contribution in [3.8, 4) is 0 Å². The van der Waals surface area contributed by atoms with Crippen molar-refractivity contribution in [1.29, 1.82) is 0 Å². The molecule has 2 fully saturated rings. The van der Waals surface area contributed by atoms with Crippen molar-refractivity contribution >= 4 is 15.9 Å². The summed E-state index contributed by atoms with van der Waals surface area (Å²) >= 11 is 3.55. The Balaban J connectivity index is 2.20. The molecule has 4 unspecified atom stereocenters. The fourth-order valence-electron chi connectivity index (χ4n) is 2.36. The Labute approximate surface area is 87.1 Å². The summed E-state index contributed by atoms with van der Waals surface area (Å²) in [6, 6.07) is 0. The fraction of sp³-hybridized carbons (Fsp3) is 0.800. The first-order valence-electron chi connectivity index (χ1n) is 4.68. The largest absolute Gasteiger partial charge is 0.392 e. The van der Waals surface area contributed by atoms with Gasteiger partial charge in [0.15, 0.2) is 0 Å². The SMILES string of the molecule is C=C(C)C1C(Br)C(O)CCC12CO2. The van der Waals surface area contributed by atoms with Crippen LogP contribution in [0.4, 0.5) is 0 Å². The van der Waals surface area contributed by atoms with Gasteiger partial charge in [-0.2, -0.15) is 0 Å². The van der Waals surface area contributed by atoms with Crippen LogP contribution in [0.5, 0.6) is 0 Å². The fourth-order valence-corrected chi connectivity index (χ4v) is 3.55. The first-order chi connectivity index (χ1) is 6.07. The molecule has 1 heterocycles. The highest BCUT2D eigenvalue weighted by Crippen LogP contribution is 2.50. The van der Waals surface area contributed by atoms with Crippen molar-refractivity contribution in [1.82, 2.24) is 0 Å². The Hall–Kier alpha value is 0.140. The first-order valence-corrected chi connectivity index (χ1v) is 5.60. The van der Waals surface area contributed by atoms with Crippen LogP contribution < -0.4 is 0 Å². The Bertz CT molecular complexity index is 235. The van der Waals surface area contributed by atoms with E-state index in [4.69, 9.17) is 4.74 Å². The molecular weight excluding hydrogens is 232 g/mol. The van der Waals surface area contributed by atoms with E-state index < -0.39 is 0 Å². The van der Waals surface area contributed by atoms with Gasteiger partial charge in [-0.3, -0.25) is 0 Å². The molecular formula is C10H15BrO2. The molecule has 0 amide bonds. The third-order valence-corrected chi connectivity index (χ3v) is 4.30. The van der Waals surface area contributed by atoms with Gasteiger partial charge >= 0.3 is 0 Å². The molecule has 2 nitrogen and oxygen atoms in total. The molecule has 1 N–H and O–H groups in total. The summed E-state index contributed by atoms with van der Waals surface area (Å²) in [5.41, 5.74) is 1.12. The first kappa shape index (κ1) is 9.69. The highest BCUT2D eigenvalue weighted by molar-refractivity contribution is 9.09. The van der Waals surface area contributed by atoms with Gasteiger partial charge < -0.3 is 9.84 Å². The van der Waals surface area contributed by atoms with Crippen molar-refractivity contribution in [2.45, 2.75) is 36.3 Å². The van der Waals surface area contributed by atoms with E-state index >= 15 is 0 Å². The van der Waals surface area contributed by atoms with Crippen LogP contribution in [0.15, 0.2) is 12.2 Å². The Morgan fingerprint density at radius 1 is 1.69 bits per heavy atom. The molecule has 1 aliphatic heterocycles. The number of hydrogen-bond donors (Lipinski definition) is 1. The van der Waals surface area contributed by atoms with Crippen molar-refractivity contribution in [3.05, 3.63) is 12.2 Å². The third-order valence-electron chi connectivity index (χ3n) is 3.16. The van der Waals surface area contributed by atoms with Gasteiger partial charge in [-0.15, -0.1) is 0 Å². The second-order valence-electron chi connectivity index (χ2n) is 4.23. The summed E-state index contributed by atoms with van der Waals surface area (Å²) in [7, 11) is 0. The summed E-state index contributed by atoms with van der Waals surface area (Å²) in [6.07, 6.45) is 1.55. The number of aliphatic hydroxyl groups is 1. The van der Waals surface area contributed by atoms with Gasteiger partial charge in [0.2, 0.25) is 0 Å². The van der Waals surface area contributed by atoms with Gasteiger partial charge in [0.1, 0.15) is 0 Å². The number of hydrogen-bond acceptors (Lipinski definition) is 2. The minimum Gasteiger partial charge on any atom is -0.392 e. The minimum absolute atomic E-state index is 0.0131. The number of halogens is 1. The molecule has 2 rings (SSSR count). The van der Waals surface area contributed by atoms with Crippen LogP contribution in [-0.2, 0) is 4.74 Å². The highest BCUT2D eigenvalue weighted by atomic mass is 79.9. The maximum atomic E-state index is 9.71. The summed E-state index contributed by atoms with van der Waals surface area (Å²) in [5.74, 6) is 0.274. The van der Waals surface area contributed by atoms with E-state index in [1.165, 1.54) is 0 Å². The van der Waals surface area contributed by atoms with Crippen LogP contribution in [0.2, 0.25) is 0 Å². The predicted molar refractivity (Wildman–Crippen MR) is 54.9 cm³/mol. The third kappa shape index (κ3) is 1.47. The molecule has 0 aromatic heterocycles. The van der Waals surface area contributed by atoms with E-state index in [1.54, 1.807) is 0 Å². The number of epoxide rings is 1. The zero-order valence-corrected chi connectivity index (χ0v) is 9.38. The zero-order chi connectivity index (χ0) is 9.64. The lowest BCUT2D eigenvalue weighted by molar-refractivity contribution is 0.0713. The second-order valence-corrected chi connectivity index (χ2v) is 5.29. The standard InChI is InChI=1S/C10H15BrO2/c1-6(2)8-9(11)7(12)3-4-10(8)5-13-10/h7-9,12H,1,3-5H2,2H3. The van der Waals surface area contributed by atoms with Crippen molar-refractivity contribution < 1.29 is 9.84 Å². The number of alkyl halides is 1. The highest BCUT2D eigenvalue weighted by Gasteiger charge is 2.57. The van der Waals surface area contributed by atoms with Crippen molar-refractivity contribution in [2.24, 2.45) is 5.92 Å². The lowest BCUT2D eigenvalue weighted by Gasteiger charge is -2.37. The Kier molecular flexibility index (Phi) is 2.29. The van der Waals surface area contributed by atoms with E-state index in [0.29, 0.717) is 0 Å². The smallest absolute Gasteiger partial charge is 0.0993 e. The van der Waals surface area contributed by atoms with Crippen molar-refractivity contribution in [3.63, 3.8) is 0 Å². The molecule has 1 aliphatic carbocycles. The summed E-state index contributed by atoms with van der Waals surface area (Å²) < 4.78 is 5.53. The lowest BCUT2D eigenvalue weighted by atomic mass is 9.74. The van der Waals surface area contributed by atoms with Crippen LogP contribution in [0.1, 0.15) is 19.8 Å². The summed E-state index contributed by atoms with van der Waals surface area (Å²) in [6.45, 7) is 6.83. The van der Waals surface area contributed by atoms with E-state index in [9.17, 15) is 5.11 Å². The normalized spacial score (nSPS) is 49.3. The molecule has 74 valence electrons. The van der Waals surface area contributed by atoms with E-state index in [2.05, 4.69) is 22.5 Å². The molecule has 2 aliphatic rings. The molecule has 1 spiro atoms. The second kappa shape index (κ2) is 3.07. The monoisotopic (exact) mass is 246 g/mol. The maximum absolute atomic E-state index is 9.71. The van der Waals surface area contributed by atoms with Crippen LogP contribution in [0.25, 0.3) is 0 Å². The van der Waals surface area contributed by atoms with Gasteiger partial charge in [-0.1, -0.05) is 28.1 Å². The van der Waals surface area contributed by atoms with E-state index in [0.717, 1.165) is 25.0 Å². The number of aliphatic hydroxyl groups excluding tert-OH is 1. The molecule has 4 atom stereocenters. The molecule has 1 saturated carbocycles.